The van der Waals surface area contributed by atoms with Crippen LogP contribution in [0.2, 0.25) is 0 Å². The van der Waals surface area contributed by atoms with Gasteiger partial charge in [-0.15, -0.1) is 11.3 Å². The van der Waals surface area contributed by atoms with Crippen molar-refractivity contribution >= 4 is 11.3 Å². The molecule has 0 radical (unpaired) electrons. The van der Waals surface area contributed by atoms with Crippen molar-refractivity contribution in [3.8, 4) is 0 Å². The molecule has 0 saturated heterocycles. The van der Waals surface area contributed by atoms with Gasteiger partial charge in [-0.25, -0.2) is 4.98 Å². The fourth-order valence-electron chi connectivity index (χ4n) is 2.10. The van der Waals surface area contributed by atoms with Gasteiger partial charge in [0.1, 0.15) is 0 Å². The van der Waals surface area contributed by atoms with Crippen LogP contribution in [0, 0.1) is 5.92 Å². The third-order valence-corrected chi connectivity index (χ3v) is 4.18. The number of aromatic nitrogens is 1. The van der Waals surface area contributed by atoms with Gasteiger partial charge in [-0.2, -0.15) is 0 Å². The summed E-state index contributed by atoms with van der Waals surface area (Å²) in [4.78, 5) is 6.31. The van der Waals surface area contributed by atoms with Gasteiger partial charge >= 0.3 is 0 Å². The molecule has 2 nitrogen and oxygen atoms in total. The molecule has 90 valence electrons. The number of hydrogen-bond donors (Lipinski definition) is 1. The molecule has 0 unspecified atom stereocenters. The zero-order valence-electron chi connectivity index (χ0n) is 10.4. The Bertz CT molecular complexity index is 307. The van der Waals surface area contributed by atoms with Crippen molar-refractivity contribution in [1.29, 1.82) is 0 Å². The lowest BCUT2D eigenvalue weighted by Crippen LogP contribution is -2.22. The van der Waals surface area contributed by atoms with Gasteiger partial charge in [0.05, 0.1) is 10.7 Å². The summed E-state index contributed by atoms with van der Waals surface area (Å²) in [6, 6.07) is 0. The van der Waals surface area contributed by atoms with Gasteiger partial charge in [0, 0.05) is 17.8 Å². The quantitative estimate of drug-likeness (QED) is 0.798. The summed E-state index contributed by atoms with van der Waals surface area (Å²) >= 11 is 1.94. The first-order valence-corrected chi connectivity index (χ1v) is 7.25. The molecule has 0 atom stereocenters. The Labute approximate surface area is 102 Å². The molecule has 0 aromatic carbocycles. The highest BCUT2D eigenvalue weighted by molar-refractivity contribution is 7.11. The Balaban J connectivity index is 1.79. The molecule has 1 aliphatic carbocycles. The van der Waals surface area contributed by atoms with E-state index in [0.29, 0.717) is 0 Å². The molecule has 1 N–H and O–H groups in total. The molecule has 0 bridgehead atoms. The number of aryl methyl sites for hydroxylation is 2. The van der Waals surface area contributed by atoms with Crippen LogP contribution in [0.1, 0.15) is 42.3 Å². The lowest BCUT2D eigenvalue weighted by molar-refractivity contribution is 0.553. The van der Waals surface area contributed by atoms with E-state index < -0.39 is 0 Å². The predicted octanol–water partition coefficient (Wildman–Crippen LogP) is 2.81. The van der Waals surface area contributed by atoms with Crippen molar-refractivity contribution in [3.05, 3.63) is 15.6 Å². The second kappa shape index (κ2) is 5.78. The first kappa shape index (κ1) is 12.1. The van der Waals surface area contributed by atoms with Crippen LogP contribution in [0.25, 0.3) is 0 Å². The van der Waals surface area contributed by atoms with E-state index in [0.717, 1.165) is 25.4 Å². The van der Waals surface area contributed by atoms with Crippen molar-refractivity contribution in [3.63, 3.8) is 0 Å². The Morgan fingerprint density at radius 2 is 2.12 bits per heavy atom. The van der Waals surface area contributed by atoms with E-state index in [-0.39, 0.29) is 0 Å². The molecule has 0 spiro atoms. The zero-order valence-corrected chi connectivity index (χ0v) is 11.2. The zero-order chi connectivity index (χ0) is 11.4. The summed E-state index contributed by atoms with van der Waals surface area (Å²) in [5, 5.41) is 4.82. The van der Waals surface area contributed by atoms with Crippen LogP contribution >= 0.6 is 11.3 Å². The van der Waals surface area contributed by atoms with E-state index in [2.05, 4.69) is 19.2 Å². The molecule has 2 rings (SSSR count). The third-order valence-electron chi connectivity index (χ3n) is 2.96. The van der Waals surface area contributed by atoms with Crippen LogP contribution in [-0.2, 0) is 19.3 Å². The maximum Gasteiger partial charge on any atom is 0.0943 e. The van der Waals surface area contributed by atoms with Crippen LogP contribution < -0.4 is 5.32 Å². The van der Waals surface area contributed by atoms with Crippen LogP contribution in [0.5, 0.6) is 0 Å². The lowest BCUT2D eigenvalue weighted by atomic mass is 10.0. The average Bonchev–Trinajstić information content (AvgIpc) is 2.66. The minimum absolute atomic E-state index is 0.740. The normalized spacial score (nSPS) is 15.4. The van der Waals surface area contributed by atoms with Crippen LogP contribution in [0.15, 0.2) is 0 Å². The maximum absolute atomic E-state index is 4.75. The topological polar surface area (TPSA) is 24.9 Å². The van der Waals surface area contributed by atoms with Crippen molar-refractivity contribution in [2.24, 2.45) is 5.92 Å². The molecular weight excluding hydrogens is 216 g/mol. The maximum atomic E-state index is 4.75. The second-order valence-corrected chi connectivity index (χ2v) is 6.20. The van der Waals surface area contributed by atoms with Gasteiger partial charge in [0.2, 0.25) is 0 Å². The molecule has 1 heterocycles. The van der Waals surface area contributed by atoms with Gasteiger partial charge < -0.3 is 5.32 Å². The average molecular weight is 238 g/mol. The SMILES string of the molecule is CC(C)CNCCc1nc2c(s1)CCCC2. The van der Waals surface area contributed by atoms with E-state index in [9.17, 15) is 0 Å². The van der Waals surface area contributed by atoms with Crippen LogP contribution in [-0.4, -0.2) is 18.1 Å². The fraction of sp³-hybridized carbons (Fsp3) is 0.769. The Kier molecular flexibility index (Phi) is 4.36. The number of rotatable bonds is 5. The van der Waals surface area contributed by atoms with E-state index in [4.69, 9.17) is 4.98 Å². The summed E-state index contributed by atoms with van der Waals surface area (Å²) in [6.45, 7) is 6.68. The van der Waals surface area contributed by atoms with Gasteiger partial charge in [-0.1, -0.05) is 13.8 Å². The minimum atomic E-state index is 0.740. The molecule has 1 aliphatic rings. The molecule has 1 aromatic rings. The van der Waals surface area contributed by atoms with Crippen molar-refractivity contribution in [2.45, 2.75) is 46.0 Å². The molecule has 0 amide bonds. The Hall–Kier alpha value is -0.410. The van der Waals surface area contributed by atoms with E-state index in [1.165, 1.54) is 36.4 Å². The third kappa shape index (κ3) is 3.29. The highest BCUT2D eigenvalue weighted by atomic mass is 32.1. The summed E-state index contributed by atoms with van der Waals surface area (Å²) in [5.74, 6) is 0.740. The van der Waals surface area contributed by atoms with E-state index in [1.807, 2.05) is 11.3 Å². The van der Waals surface area contributed by atoms with Crippen molar-refractivity contribution in [2.75, 3.05) is 13.1 Å². The van der Waals surface area contributed by atoms with E-state index >= 15 is 0 Å². The number of nitrogens with zero attached hydrogens (tertiary/aromatic N) is 1. The monoisotopic (exact) mass is 238 g/mol. The summed E-state index contributed by atoms with van der Waals surface area (Å²) < 4.78 is 0. The van der Waals surface area contributed by atoms with Gasteiger partial charge in [-0.3, -0.25) is 0 Å². The smallest absolute Gasteiger partial charge is 0.0943 e. The van der Waals surface area contributed by atoms with Crippen molar-refractivity contribution in [1.82, 2.24) is 10.3 Å². The van der Waals surface area contributed by atoms with Gasteiger partial charge in [-0.05, 0) is 38.1 Å². The summed E-state index contributed by atoms with van der Waals surface area (Å²) in [6.07, 6.45) is 6.28. The van der Waals surface area contributed by atoms with Crippen LogP contribution in [0.3, 0.4) is 0 Å². The minimum Gasteiger partial charge on any atom is -0.316 e. The molecule has 0 aliphatic heterocycles. The number of hydrogen-bond acceptors (Lipinski definition) is 3. The Morgan fingerprint density at radius 3 is 2.88 bits per heavy atom. The number of nitrogens with one attached hydrogen (secondary N) is 1. The number of fused-ring (bicyclic) bond motifs is 1. The van der Waals surface area contributed by atoms with Crippen molar-refractivity contribution < 1.29 is 0 Å². The first-order chi connectivity index (χ1) is 7.75. The molecule has 3 heteroatoms. The first-order valence-electron chi connectivity index (χ1n) is 6.44. The van der Waals surface area contributed by atoms with Gasteiger partial charge in [0.25, 0.3) is 0 Å². The summed E-state index contributed by atoms with van der Waals surface area (Å²) in [7, 11) is 0. The Morgan fingerprint density at radius 1 is 1.31 bits per heavy atom. The number of thiazole rings is 1. The van der Waals surface area contributed by atoms with Crippen LogP contribution in [0.4, 0.5) is 0 Å². The largest absolute Gasteiger partial charge is 0.316 e. The second-order valence-electron chi connectivity index (χ2n) is 5.03. The highest BCUT2D eigenvalue weighted by Gasteiger charge is 2.14. The molecular formula is C13H22N2S. The van der Waals surface area contributed by atoms with Gasteiger partial charge in [0.15, 0.2) is 0 Å². The van der Waals surface area contributed by atoms with E-state index in [1.54, 1.807) is 4.88 Å². The standard InChI is InChI=1S/C13H22N2S/c1-10(2)9-14-8-7-13-15-11-5-3-4-6-12(11)16-13/h10,14H,3-9H2,1-2H3. The molecule has 1 aromatic heterocycles. The fourth-order valence-corrected chi connectivity index (χ4v) is 3.25. The predicted molar refractivity (Wildman–Crippen MR) is 70.2 cm³/mol. The molecule has 0 saturated carbocycles. The highest BCUT2D eigenvalue weighted by Crippen LogP contribution is 2.26. The lowest BCUT2D eigenvalue weighted by Gasteiger charge is -2.06. The summed E-state index contributed by atoms with van der Waals surface area (Å²) in [5.41, 5.74) is 1.40. The molecule has 16 heavy (non-hydrogen) atoms. The molecule has 0 fully saturated rings.